The highest BCUT2D eigenvalue weighted by Gasteiger charge is 2.36. The van der Waals surface area contributed by atoms with E-state index in [4.69, 9.17) is 9.47 Å². The average molecular weight is 588 g/mol. The number of ether oxygens (including phenoxy) is 2. The SMILES string of the molecule is CCc1ccc(NC(=O)COc2ccc(/C=C3\SC(=O)N(CC(=O)Nc4ccc(C(C)C)cc4)C3=O)cc2OC)cc1. The Kier molecular flexibility index (Phi) is 10.0. The Hall–Kier alpha value is -4.57. The van der Waals surface area contributed by atoms with Crippen LogP contribution in [0.15, 0.2) is 71.6 Å². The van der Waals surface area contributed by atoms with Crippen LogP contribution in [0.1, 0.15) is 43.4 Å². The van der Waals surface area contributed by atoms with E-state index in [1.807, 2.05) is 36.4 Å². The molecule has 0 radical (unpaired) electrons. The standard InChI is InChI=1S/C32H33N3O6S/c1-5-21-6-11-24(12-7-21)34-30(37)19-41-26-15-8-22(16-27(26)40-4)17-28-31(38)35(32(39)42-28)18-29(36)33-25-13-9-23(10-14-25)20(2)3/h6-17,20H,5,18-19H2,1-4H3,(H,33,36)(H,34,37)/b28-17-. The Bertz CT molecular complexity index is 1500. The van der Waals surface area contributed by atoms with Gasteiger partial charge in [-0.2, -0.15) is 0 Å². The molecule has 3 aromatic rings. The van der Waals surface area contributed by atoms with Crippen molar-refractivity contribution in [2.24, 2.45) is 0 Å². The number of nitrogens with one attached hydrogen (secondary N) is 2. The molecule has 0 spiro atoms. The van der Waals surface area contributed by atoms with Crippen LogP contribution in [0.2, 0.25) is 0 Å². The van der Waals surface area contributed by atoms with E-state index in [9.17, 15) is 19.2 Å². The predicted octanol–water partition coefficient (Wildman–Crippen LogP) is 6.07. The first-order valence-electron chi connectivity index (χ1n) is 13.5. The molecule has 1 aliphatic rings. The van der Waals surface area contributed by atoms with Crippen LogP contribution in [0.25, 0.3) is 6.08 Å². The Balaban J connectivity index is 1.35. The maximum Gasteiger partial charge on any atom is 0.294 e. The number of rotatable bonds is 11. The molecule has 0 atom stereocenters. The summed E-state index contributed by atoms with van der Waals surface area (Å²) in [5, 5.41) is 4.99. The number of carbonyl (C=O) groups excluding carboxylic acids is 4. The van der Waals surface area contributed by atoms with E-state index in [1.165, 1.54) is 12.7 Å². The van der Waals surface area contributed by atoms with Crippen LogP contribution in [0.5, 0.6) is 11.5 Å². The van der Waals surface area contributed by atoms with Crippen molar-refractivity contribution in [3.63, 3.8) is 0 Å². The van der Waals surface area contributed by atoms with Crippen molar-refractivity contribution in [2.75, 3.05) is 30.9 Å². The van der Waals surface area contributed by atoms with Gasteiger partial charge in [-0.3, -0.25) is 24.1 Å². The molecule has 42 heavy (non-hydrogen) atoms. The van der Waals surface area contributed by atoms with Crippen LogP contribution < -0.4 is 20.1 Å². The Morgan fingerprint density at radius 1 is 0.905 bits per heavy atom. The van der Waals surface area contributed by atoms with Crippen LogP contribution in [0, 0.1) is 0 Å². The molecule has 3 aromatic carbocycles. The maximum atomic E-state index is 12.9. The van der Waals surface area contributed by atoms with E-state index >= 15 is 0 Å². The van der Waals surface area contributed by atoms with Crippen LogP contribution in [0.4, 0.5) is 16.2 Å². The third-order valence-electron chi connectivity index (χ3n) is 6.53. The van der Waals surface area contributed by atoms with Gasteiger partial charge in [-0.15, -0.1) is 0 Å². The molecule has 0 unspecified atom stereocenters. The van der Waals surface area contributed by atoms with Gasteiger partial charge in [-0.05, 0) is 83.3 Å². The molecule has 1 saturated heterocycles. The van der Waals surface area contributed by atoms with Gasteiger partial charge in [0, 0.05) is 11.4 Å². The summed E-state index contributed by atoms with van der Waals surface area (Å²) in [6, 6.07) is 20.0. The van der Waals surface area contributed by atoms with Gasteiger partial charge in [-0.25, -0.2) is 0 Å². The first kappa shape index (κ1) is 30.4. The minimum Gasteiger partial charge on any atom is -0.493 e. The van der Waals surface area contributed by atoms with E-state index in [0.717, 1.165) is 28.6 Å². The van der Waals surface area contributed by atoms with E-state index in [1.54, 1.807) is 36.4 Å². The monoisotopic (exact) mass is 587 g/mol. The number of hydrogen-bond donors (Lipinski definition) is 2. The second kappa shape index (κ2) is 13.9. The highest BCUT2D eigenvalue weighted by atomic mass is 32.2. The lowest BCUT2D eigenvalue weighted by Gasteiger charge is -2.13. The summed E-state index contributed by atoms with van der Waals surface area (Å²) in [6.45, 7) is 5.59. The number of anilines is 2. The summed E-state index contributed by atoms with van der Waals surface area (Å²) in [7, 11) is 1.46. The van der Waals surface area contributed by atoms with Gasteiger partial charge in [0.2, 0.25) is 5.91 Å². The number of amides is 4. The molecular formula is C32H33N3O6S. The zero-order valence-corrected chi connectivity index (χ0v) is 24.7. The van der Waals surface area contributed by atoms with Crippen molar-refractivity contribution in [1.82, 2.24) is 4.90 Å². The van der Waals surface area contributed by atoms with Crippen molar-refractivity contribution >= 4 is 52.2 Å². The van der Waals surface area contributed by atoms with Gasteiger partial charge >= 0.3 is 0 Å². The molecule has 0 aromatic heterocycles. The minimum absolute atomic E-state index is 0.179. The fraction of sp³-hybridized carbons (Fsp3) is 0.250. The molecule has 1 aliphatic heterocycles. The normalized spacial score (nSPS) is 13.9. The van der Waals surface area contributed by atoms with E-state index < -0.39 is 23.6 Å². The summed E-state index contributed by atoms with van der Waals surface area (Å²) in [4.78, 5) is 51.5. The molecule has 4 amide bonds. The Morgan fingerprint density at radius 2 is 1.55 bits per heavy atom. The molecule has 10 heteroatoms. The summed E-state index contributed by atoms with van der Waals surface area (Å²) < 4.78 is 11.1. The van der Waals surface area contributed by atoms with Crippen LogP contribution in [0.3, 0.4) is 0 Å². The summed E-state index contributed by atoms with van der Waals surface area (Å²) in [5.41, 5.74) is 4.16. The van der Waals surface area contributed by atoms with Gasteiger partial charge in [0.25, 0.3) is 17.1 Å². The molecule has 9 nitrogen and oxygen atoms in total. The molecule has 218 valence electrons. The molecular weight excluding hydrogens is 554 g/mol. The number of hydrogen-bond acceptors (Lipinski definition) is 7. The molecule has 1 heterocycles. The van der Waals surface area contributed by atoms with E-state index in [0.29, 0.717) is 34.4 Å². The first-order chi connectivity index (χ1) is 20.2. The molecule has 0 aliphatic carbocycles. The van der Waals surface area contributed by atoms with Crippen LogP contribution >= 0.6 is 11.8 Å². The van der Waals surface area contributed by atoms with Crippen molar-refractivity contribution < 1.29 is 28.7 Å². The second-order valence-corrected chi connectivity index (χ2v) is 10.9. The predicted molar refractivity (Wildman–Crippen MR) is 165 cm³/mol. The summed E-state index contributed by atoms with van der Waals surface area (Å²) >= 11 is 0.759. The Labute approximate surface area is 249 Å². The summed E-state index contributed by atoms with van der Waals surface area (Å²) in [6.07, 6.45) is 2.46. The zero-order chi connectivity index (χ0) is 30.2. The molecule has 4 rings (SSSR count). The fourth-order valence-electron chi connectivity index (χ4n) is 4.14. The van der Waals surface area contributed by atoms with Gasteiger partial charge in [0.05, 0.1) is 12.0 Å². The van der Waals surface area contributed by atoms with Crippen molar-refractivity contribution in [3.8, 4) is 11.5 Å². The lowest BCUT2D eigenvalue weighted by Crippen LogP contribution is -2.36. The van der Waals surface area contributed by atoms with Crippen LogP contribution in [-0.4, -0.2) is 48.1 Å². The largest absolute Gasteiger partial charge is 0.493 e. The quantitative estimate of drug-likeness (QED) is 0.262. The number of benzene rings is 3. The van der Waals surface area contributed by atoms with Crippen molar-refractivity contribution in [2.45, 2.75) is 33.1 Å². The number of imide groups is 1. The number of thioether (sulfide) groups is 1. The number of aryl methyl sites for hydroxylation is 1. The smallest absolute Gasteiger partial charge is 0.294 e. The highest BCUT2D eigenvalue weighted by molar-refractivity contribution is 8.18. The average Bonchev–Trinajstić information content (AvgIpc) is 3.24. The van der Waals surface area contributed by atoms with E-state index in [-0.39, 0.29) is 17.4 Å². The summed E-state index contributed by atoms with van der Waals surface area (Å²) in [5.74, 6) is -0.292. The van der Waals surface area contributed by atoms with Crippen molar-refractivity contribution in [3.05, 3.63) is 88.3 Å². The van der Waals surface area contributed by atoms with Crippen molar-refractivity contribution in [1.29, 1.82) is 0 Å². The zero-order valence-electron chi connectivity index (χ0n) is 23.9. The topological polar surface area (TPSA) is 114 Å². The minimum atomic E-state index is -0.557. The number of methoxy groups -OCH3 is 1. The third kappa shape index (κ3) is 7.79. The highest BCUT2D eigenvalue weighted by Crippen LogP contribution is 2.34. The lowest BCUT2D eigenvalue weighted by molar-refractivity contribution is -0.127. The lowest BCUT2D eigenvalue weighted by atomic mass is 10.0. The molecule has 1 fully saturated rings. The molecule has 2 N–H and O–H groups in total. The van der Waals surface area contributed by atoms with Crippen LogP contribution in [-0.2, 0) is 20.8 Å². The fourth-order valence-corrected chi connectivity index (χ4v) is 4.98. The van der Waals surface area contributed by atoms with Gasteiger partial charge in [0.1, 0.15) is 6.54 Å². The second-order valence-electron chi connectivity index (χ2n) is 9.89. The first-order valence-corrected chi connectivity index (χ1v) is 14.3. The van der Waals surface area contributed by atoms with E-state index in [2.05, 4.69) is 31.4 Å². The van der Waals surface area contributed by atoms with Gasteiger partial charge in [-0.1, -0.05) is 51.1 Å². The Morgan fingerprint density at radius 3 is 2.17 bits per heavy atom. The maximum absolute atomic E-state index is 12.9. The number of carbonyl (C=O) groups is 4. The third-order valence-corrected chi connectivity index (χ3v) is 7.43. The molecule has 0 saturated carbocycles. The number of nitrogens with zero attached hydrogens (tertiary/aromatic N) is 1. The van der Waals surface area contributed by atoms with Gasteiger partial charge < -0.3 is 20.1 Å². The molecule has 0 bridgehead atoms. The van der Waals surface area contributed by atoms with Gasteiger partial charge in [0.15, 0.2) is 18.1 Å².